The Morgan fingerprint density at radius 3 is 2.48 bits per heavy atom. The Balaban J connectivity index is 1.79. The smallest absolute Gasteiger partial charge is 0.240 e. The van der Waals surface area contributed by atoms with Gasteiger partial charge in [0.1, 0.15) is 0 Å². The van der Waals surface area contributed by atoms with Crippen LogP contribution in [0.3, 0.4) is 0 Å². The Morgan fingerprint density at radius 1 is 1.14 bits per heavy atom. The molecular weight excluding hydrogens is 266 g/mol. The number of anilines is 1. The third-order valence-corrected chi connectivity index (χ3v) is 3.59. The van der Waals surface area contributed by atoms with Crippen LogP contribution in [-0.4, -0.2) is 21.8 Å². The van der Waals surface area contributed by atoms with Crippen molar-refractivity contribution < 1.29 is 9.59 Å². The summed E-state index contributed by atoms with van der Waals surface area (Å²) in [6.45, 7) is 2.02. The van der Waals surface area contributed by atoms with Crippen LogP contribution >= 0.6 is 0 Å². The van der Waals surface area contributed by atoms with Crippen LogP contribution in [0.2, 0.25) is 0 Å². The van der Waals surface area contributed by atoms with Gasteiger partial charge >= 0.3 is 0 Å². The highest BCUT2D eigenvalue weighted by Crippen LogP contribution is 2.26. The molecule has 0 bridgehead atoms. The van der Waals surface area contributed by atoms with Crippen molar-refractivity contribution in [2.75, 3.05) is 4.90 Å². The van der Waals surface area contributed by atoms with E-state index in [0.717, 1.165) is 10.5 Å². The van der Waals surface area contributed by atoms with Gasteiger partial charge in [0.25, 0.3) is 0 Å². The Labute approximate surface area is 122 Å². The molecule has 5 nitrogen and oxygen atoms in total. The molecule has 0 saturated carbocycles. The van der Waals surface area contributed by atoms with E-state index >= 15 is 0 Å². The van der Waals surface area contributed by atoms with Gasteiger partial charge in [-0.05, 0) is 25.0 Å². The van der Waals surface area contributed by atoms with Crippen LogP contribution in [-0.2, 0) is 16.0 Å². The van der Waals surface area contributed by atoms with Gasteiger partial charge in [0.05, 0.1) is 5.92 Å². The predicted molar refractivity (Wildman–Crippen MR) is 77.5 cm³/mol. The molecule has 0 unspecified atom stereocenters. The maximum Gasteiger partial charge on any atom is 0.240 e. The summed E-state index contributed by atoms with van der Waals surface area (Å²) in [5.41, 5.74) is 2.23. The fourth-order valence-corrected chi connectivity index (χ4v) is 2.48. The number of nitrogens with zero attached hydrogens (tertiary/aromatic N) is 3. The van der Waals surface area contributed by atoms with E-state index in [-0.39, 0.29) is 30.1 Å². The number of aromatic nitrogens is 2. The number of hydrogen-bond donors (Lipinski definition) is 0. The average Bonchev–Trinajstić information content (AvgIpc) is 2.77. The summed E-state index contributed by atoms with van der Waals surface area (Å²) in [4.78, 5) is 33.5. The van der Waals surface area contributed by atoms with Crippen molar-refractivity contribution in [1.29, 1.82) is 0 Å². The first kappa shape index (κ1) is 13.4. The lowest BCUT2D eigenvalue weighted by molar-refractivity contribution is -0.122. The molecule has 106 valence electrons. The zero-order valence-corrected chi connectivity index (χ0v) is 11.7. The van der Waals surface area contributed by atoms with Crippen LogP contribution in [0.1, 0.15) is 17.5 Å². The van der Waals surface area contributed by atoms with Crippen molar-refractivity contribution >= 4 is 17.8 Å². The van der Waals surface area contributed by atoms with Gasteiger partial charge in [0.15, 0.2) is 0 Å². The van der Waals surface area contributed by atoms with Gasteiger partial charge in [-0.25, -0.2) is 14.9 Å². The van der Waals surface area contributed by atoms with E-state index in [9.17, 15) is 9.59 Å². The lowest BCUT2D eigenvalue weighted by Crippen LogP contribution is -2.32. The summed E-state index contributed by atoms with van der Waals surface area (Å²) in [6.07, 6.45) is 3.82. The molecule has 3 rings (SSSR count). The summed E-state index contributed by atoms with van der Waals surface area (Å²) in [6, 6.07) is 9.66. The quantitative estimate of drug-likeness (QED) is 0.806. The molecule has 5 heteroatoms. The maximum absolute atomic E-state index is 12.4. The Bertz CT molecular complexity index is 668. The number of imide groups is 1. The first-order chi connectivity index (χ1) is 10.1. The number of amides is 2. The number of rotatable bonds is 3. The fraction of sp³-hybridized carbons (Fsp3) is 0.250. The summed E-state index contributed by atoms with van der Waals surface area (Å²) in [5.74, 6) is -0.613. The summed E-state index contributed by atoms with van der Waals surface area (Å²) in [5, 5.41) is 0. The fourth-order valence-electron chi connectivity index (χ4n) is 2.48. The minimum absolute atomic E-state index is 0.166. The second kappa shape index (κ2) is 5.44. The van der Waals surface area contributed by atoms with Crippen molar-refractivity contribution in [3.05, 3.63) is 53.9 Å². The average molecular weight is 281 g/mol. The van der Waals surface area contributed by atoms with Crippen LogP contribution < -0.4 is 4.90 Å². The van der Waals surface area contributed by atoms with Crippen LogP contribution in [0.5, 0.6) is 0 Å². The predicted octanol–water partition coefficient (Wildman–Crippen LogP) is 1.91. The molecular formula is C16H15N3O2. The van der Waals surface area contributed by atoms with Crippen LogP contribution in [0.25, 0.3) is 0 Å². The zero-order valence-electron chi connectivity index (χ0n) is 11.7. The molecule has 1 aliphatic rings. The van der Waals surface area contributed by atoms with Crippen molar-refractivity contribution in [3.8, 4) is 0 Å². The van der Waals surface area contributed by atoms with Gasteiger partial charge < -0.3 is 0 Å². The van der Waals surface area contributed by atoms with E-state index < -0.39 is 0 Å². The topological polar surface area (TPSA) is 63.2 Å². The van der Waals surface area contributed by atoms with E-state index in [1.165, 1.54) is 18.0 Å². The van der Waals surface area contributed by atoms with Gasteiger partial charge in [-0.1, -0.05) is 29.8 Å². The molecule has 1 aromatic heterocycles. The highest BCUT2D eigenvalue weighted by Gasteiger charge is 2.40. The third kappa shape index (κ3) is 2.67. The van der Waals surface area contributed by atoms with Gasteiger partial charge in [-0.2, -0.15) is 0 Å². The van der Waals surface area contributed by atoms with E-state index in [1.807, 2.05) is 31.2 Å². The van der Waals surface area contributed by atoms with Gasteiger partial charge in [0.2, 0.25) is 17.8 Å². The van der Waals surface area contributed by atoms with Crippen LogP contribution in [0.4, 0.5) is 5.95 Å². The number of carbonyl (C=O) groups excluding carboxylic acids is 2. The van der Waals surface area contributed by atoms with E-state index in [0.29, 0.717) is 6.42 Å². The highest BCUT2D eigenvalue weighted by molar-refractivity contribution is 6.19. The summed E-state index contributed by atoms with van der Waals surface area (Å²) >= 11 is 0. The second-order valence-electron chi connectivity index (χ2n) is 5.21. The molecule has 2 heterocycles. The Kier molecular flexibility index (Phi) is 3.48. The molecule has 1 saturated heterocycles. The monoisotopic (exact) mass is 281 g/mol. The Hall–Kier alpha value is -2.56. The largest absolute Gasteiger partial charge is 0.274 e. The van der Waals surface area contributed by atoms with Gasteiger partial charge in [0, 0.05) is 18.8 Å². The molecule has 0 N–H and O–H groups in total. The maximum atomic E-state index is 12.4. The highest BCUT2D eigenvalue weighted by atomic mass is 16.2. The first-order valence-corrected chi connectivity index (χ1v) is 6.84. The molecule has 0 spiro atoms. The minimum Gasteiger partial charge on any atom is -0.274 e. The lowest BCUT2D eigenvalue weighted by Gasteiger charge is -2.12. The first-order valence-electron chi connectivity index (χ1n) is 6.84. The van der Waals surface area contributed by atoms with Crippen LogP contribution in [0, 0.1) is 12.8 Å². The van der Waals surface area contributed by atoms with Gasteiger partial charge in [-0.15, -0.1) is 0 Å². The van der Waals surface area contributed by atoms with Crippen molar-refractivity contribution in [2.24, 2.45) is 5.92 Å². The number of aryl methyl sites for hydroxylation is 1. The molecule has 2 aromatic rings. The second-order valence-corrected chi connectivity index (χ2v) is 5.21. The molecule has 2 amide bonds. The molecule has 1 atom stereocenters. The molecule has 21 heavy (non-hydrogen) atoms. The molecule has 1 aliphatic heterocycles. The third-order valence-electron chi connectivity index (χ3n) is 3.59. The van der Waals surface area contributed by atoms with E-state index in [4.69, 9.17) is 0 Å². The summed E-state index contributed by atoms with van der Waals surface area (Å²) in [7, 11) is 0. The van der Waals surface area contributed by atoms with E-state index in [2.05, 4.69) is 9.97 Å². The molecule has 0 aliphatic carbocycles. The van der Waals surface area contributed by atoms with Crippen molar-refractivity contribution in [2.45, 2.75) is 19.8 Å². The summed E-state index contributed by atoms with van der Waals surface area (Å²) < 4.78 is 0. The zero-order chi connectivity index (χ0) is 14.8. The minimum atomic E-state index is -0.330. The van der Waals surface area contributed by atoms with E-state index in [1.54, 1.807) is 6.07 Å². The molecule has 1 aromatic carbocycles. The number of hydrogen-bond acceptors (Lipinski definition) is 4. The number of carbonyl (C=O) groups is 2. The van der Waals surface area contributed by atoms with Crippen molar-refractivity contribution in [1.82, 2.24) is 9.97 Å². The normalized spacial score (nSPS) is 18.3. The lowest BCUT2D eigenvalue weighted by atomic mass is 9.97. The number of benzene rings is 1. The van der Waals surface area contributed by atoms with Crippen molar-refractivity contribution in [3.63, 3.8) is 0 Å². The van der Waals surface area contributed by atoms with Crippen LogP contribution in [0.15, 0.2) is 42.7 Å². The molecule has 1 fully saturated rings. The SMILES string of the molecule is Cc1ccc(C[C@@H]2CC(=O)N(c3ncccn3)C2=O)cc1. The Morgan fingerprint density at radius 2 is 1.81 bits per heavy atom. The standard InChI is InChI=1S/C16H15N3O2/c1-11-3-5-12(6-4-11)9-13-10-14(20)19(15(13)21)16-17-7-2-8-18-16/h2-8,13H,9-10H2,1H3/t13-/m1/s1. The van der Waals surface area contributed by atoms with Gasteiger partial charge in [-0.3, -0.25) is 9.59 Å². The molecule has 0 radical (unpaired) electrons.